The van der Waals surface area contributed by atoms with Gasteiger partial charge in [-0.05, 0) is 44.4 Å². The van der Waals surface area contributed by atoms with E-state index in [1.54, 1.807) is 6.92 Å². The van der Waals surface area contributed by atoms with Gasteiger partial charge in [-0.2, -0.15) is 0 Å². The average Bonchev–Trinajstić information content (AvgIpc) is 3.02. The Morgan fingerprint density at radius 1 is 1.52 bits per heavy atom. The van der Waals surface area contributed by atoms with E-state index in [1.165, 1.54) is 23.1 Å². The number of aliphatic carboxylic acids is 1. The minimum Gasteiger partial charge on any atom is -0.477 e. The van der Waals surface area contributed by atoms with Crippen LogP contribution >= 0.6 is 11.3 Å². The molecule has 1 fully saturated rings. The molecule has 132 valence electrons. The molecule has 1 N–H and O–H groups in total. The lowest BCUT2D eigenvalue weighted by molar-refractivity contribution is -0.197. The molecule has 0 radical (unpaired) electrons. The first-order valence-electron chi connectivity index (χ1n) is 7.98. The largest absolute Gasteiger partial charge is 0.477 e. The number of allylic oxidation sites excluding steroid dienone is 1. The van der Waals surface area contributed by atoms with E-state index >= 15 is 0 Å². The van der Waals surface area contributed by atoms with E-state index in [-0.39, 0.29) is 17.3 Å². The molecule has 0 saturated carbocycles. The van der Waals surface area contributed by atoms with Gasteiger partial charge in [-0.15, -0.1) is 11.3 Å². The summed E-state index contributed by atoms with van der Waals surface area (Å²) in [6.45, 7) is 2.14. The molecule has 1 aromatic heterocycles. The van der Waals surface area contributed by atoms with Gasteiger partial charge in [0.05, 0.1) is 10.2 Å². The number of carbonyl (C=O) groups excluding carboxylic acids is 1. The molecule has 8 heteroatoms. The van der Waals surface area contributed by atoms with Crippen LogP contribution in [-0.4, -0.2) is 40.1 Å². The summed E-state index contributed by atoms with van der Waals surface area (Å²) in [5, 5.41) is 10.2. The quantitative estimate of drug-likeness (QED) is 0.822. The number of nitrogens with zero attached hydrogens (tertiary/aromatic N) is 2. The van der Waals surface area contributed by atoms with Crippen molar-refractivity contribution in [3.8, 4) is 0 Å². The molecular formula is C17H17FN2O4S. The highest BCUT2D eigenvalue weighted by Crippen LogP contribution is 2.40. The molecule has 2 aromatic rings. The van der Waals surface area contributed by atoms with Gasteiger partial charge >= 0.3 is 5.97 Å². The average molecular weight is 364 g/mol. The summed E-state index contributed by atoms with van der Waals surface area (Å²) in [7, 11) is 0. The van der Waals surface area contributed by atoms with Gasteiger partial charge in [0, 0.05) is 13.2 Å². The number of piperidine rings is 1. The van der Waals surface area contributed by atoms with Crippen molar-refractivity contribution in [2.75, 3.05) is 13.2 Å². The Morgan fingerprint density at radius 3 is 3.00 bits per heavy atom. The first-order valence-corrected chi connectivity index (χ1v) is 8.80. The third kappa shape index (κ3) is 2.93. The minimum absolute atomic E-state index is 0.110. The number of hydrogen-bond acceptors (Lipinski definition) is 6. The van der Waals surface area contributed by atoms with Crippen molar-refractivity contribution in [1.29, 1.82) is 0 Å². The third-order valence-electron chi connectivity index (χ3n) is 4.15. The zero-order valence-corrected chi connectivity index (χ0v) is 14.4. The van der Waals surface area contributed by atoms with Crippen molar-refractivity contribution in [2.24, 2.45) is 0 Å². The Morgan fingerprint density at radius 2 is 2.32 bits per heavy atom. The molecule has 3 rings (SSSR count). The molecule has 2 heterocycles. The molecular weight excluding hydrogens is 347 g/mol. The molecule has 1 atom stereocenters. The normalized spacial score (nSPS) is 17.4. The van der Waals surface area contributed by atoms with Crippen molar-refractivity contribution in [1.82, 2.24) is 9.88 Å². The van der Waals surface area contributed by atoms with E-state index in [2.05, 4.69) is 4.98 Å². The Bertz CT molecular complexity index is 861. The van der Waals surface area contributed by atoms with Gasteiger partial charge in [-0.3, -0.25) is 0 Å². The molecule has 0 spiro atoms. The van der Waals surface area contributed by atoms with Crippen molar-refractivity contribution in [3.63, 3.8) is 0 Å². The van der Waals surface area contributed by atoms with Crippen molar-refractivity contribution >= 4 is 33.5 Å². The van der Waals surface area contributed by atoms with Gasteiger partial charge in [-0.25, -0.2) is 19.0 Å². The van der Waals surface area contributed by atoms with Crippen molar-refractivity contribution < 1.29 is 23.8 Å². The highest BCUT2D eigenvalue weighted by molar-refractivity contribution is 7.18. The lowest BCUT2D eigenvalue weighted by Gasteiger charge is -2.42. The SMILES string of the molecule is CCOC(C(=O)O)(c1nc2ccc(F)cc2s1)N1CCCCC1=C=O. The first-order chi connectivity index (χ1) is 12.0. The summed E-state index contributed by atoms with van der Waals surface area (Å²) >= 11 is 1.05. The van der Waals surface area contributed by atoms with Crippen LogP contribution in [-0.2, 0) is 20.1 Å². The number of carboxylic acid groups (broad SMARTS) is 1. The topological polar surface area (TPSA) is 79.7 Å². The van der Waals surface area contributed by atoms with Gasteiger partial charge in [0.2, 0.25) is 0 Å². The number of carboxylic acids is 1. The minimum atomic E-state index is -1.91. The molecule has 1 unspecified atom stereocenters. The van der Waals surface area contributed by atoms with Gasteiger partial charge in [0.1, 0.15) is 17.5 Å². The zero-order chi connectivity index (χ0) is 18.0. The van der Waals surface area contributed by atoms with Crippen LogP contribution in [0.1, 0.15) is 31.2 Å². The first kappa shape index (κ1) is 17.5. The maximum absolute atomic E-state index is 13.5. The van der Waals surface area contributed by atoms with Crippen LogP contribution in [0.5, 0.6) is 0 Å². The predicted octanol–water partition coefficient (Wildman–Crippen LogP) is 2.91. The monoisotopic (exact) mass is 364 g/mol. The smallest absolute Gasteiger partial charge is 0.365 e. The van der Waals surface area contributed by atoms with Gasteiger partial charge in [0.15, 0.2) is 5.01 Å². The predicted molar refractivity (Wildman–Crippen MR) is 90.3 cm³/mol. The molecule has 0 amide bonds. The Labute approximate surface area is 147 Å². The summed E-state index contributed by atoms with van der Waals surface area (Å²) in [5.41, 5.74) is -1.17. The number of likely N-dealkylation sites (tertiary alicyclic amines) is 1. The fraction of sp³-hybridized carbons (Fsp3) is 0.412. The second kappa shape index (κ2) is 6.92. The van der Waals surface area contributed by atoms with Crippen molar-refractivity contribution in [2.45, 2.75) is 31.9 Å². The van der Waals surface area contributed by atoms with Crippen LogP contribution in [0.25, 0.3) is 10.2 Å². The van der Waals surface area contributed by atoms with E-state index in [0.29, 0.717) is 23.2 Å². The summed E-state index contributed by atoms with van der Waals surface area (Å²) in [4.78, 5) is 29.5. The van der Waals surface area contributed by atoms with E-state index < -0.39 is 17.5 Å². The zero-order valence-electron chi connectivity index (χ0n) is 13.6. The highest BCUT2D eigenvalue weighted by Gasteiger charge is 2.52. The van der Waals surface area contributed by atoms with Crippen LogP contribution in [0.3, 0.4) is 0 Å². The fourth-order valence-corrected chi connectivity index (χ4v) is 4.20. The maximum atomic E-state index is 13.5. The van der Waals surface area contributed by atoms with E-state index in [9.17, 15) is 19.1 Å². The number of hydrogen-bond donors (Lipinski definition) is 1. The lowest BCUT2D eigenvalue weighted by atomic mass is 10.0. The van der Waals surface area contributed by atoms with E-state index in [4.69, 9.17) is 4.74 Å². The van der Waals surface area contributed by atoms with E-state index in [1.807, 2.05) is 5.94 Å². The second-order valence-corrected chi connectivity index (χ2v) is 6.70. The van der Waals surface area contributed by atoms with Crippen LogP contribution in [0.15, 0.2) is 23.9 Å². The number of halogens is 1. The Hall–Kier alpha value is -2.28. The number of thiazole rings is 1. The number of rotatable bonds is 5. The highest BCUT2D eigenvalue weighted by atomic mass is 32.1. The Balaban J connectivity index is 2.21. The Kier molecular flexibility index (Phi) is 4.85. The summed E-state index contributed by atoms with van der Waals surface area (Å²) in [6, 6.07) is 4.07. The molecule has 0 aliphatic carbocycles. The maximum Gasteiger partial charge on any atom is 0.365 e. The molecule has 1 aliphatic rings. The number of fused-ring (bicyclic) bond motifs is 1. The molecule has 1 aliphatic heterocycles. The second-order valence-electron chi connectivity index (χ2n) is 5.67. The number of carbonyl (C=O) groups is 1. The standard InChI is InChI=1S/C17H17FN2O4S/c1-2-24-17(16(22)23,20-8-4-3-5-12(20)10-21)15-19-13-7-6-11(18)9-14(13)25-15/h6-7,9H,2-5,8H2,1H3,(H,22,23). The van der Waals surface area contributed by atoms with Crippen LogP contribution in [0.4, 0.5) is 4.39 Å². The van der Waals surface area contributed by atoms with Gasteiger partial charge in [-0.1, -0.05) is 0 Å². The van der Waals surface area contributed by atoms with Crippen LogP contribution in [0, 0.1) is 5.82 Å². The summed E-state index contributed by atoms with van der Waals surface area (Å²) < 4.78 is 19.7. The number of aromatic nitrogens is 1. The van der Waals surface area contributed by atoms with Crippen LogP contribution in [0.2, 0.25) is 0 Å². The van der Waals surface area contributed by atoms with Crippen LogP contribution < -0.4 is 0 Å². The fourth-order valence-electron chi connectivity index (χ4n) is 3.06. The van der Waals surface area contributed by atoms with Gasteiger partial charge < -0.3 is 14.7 Å². The molecule has 25 heavy (non-hydrogen) atoms. The third-order valence-corrected chi connectivity index (χ3v) is 5.26. The molecule has 0 bridgehead atoms. The molecule has 1 aromatic carbocycles. The van der Waals surface area contributed by atoms with Gasteiger partial charge in [0.25, 0.3) is 5.72 Å². The number of benzene rings is 1. The molecule has 1 saturated heterocycles. The van der Waals surface area contributed by atoms with Crippen molar-refractivity contribution in [3.05, 3.63) is 34.7 Å². The number of ether oxygens (including phenoxy) is 1. The summed E-state index contributed by atoms with van der Waals surface area (Å²) in [6.07, 6.45) is 1.95. The molecule has 6 nitrogen and oxygen atoms in total. The van der Waals surface area contributed by atoms with E-state index in [0.717, 1.165) is 24.2 Å². The summed E-state index contributed by atoms with van der Waals surface area (Å²) in [5.74, 6) is 0.166. The lowest BCUT2D eigenvalue weighted by Crippen LogP contribution is -2.55.